The van der Waals surface area contributed by atoms with Gasteiger partial charge in [0.25, 0.3) is 0 Å². The van der Waals surface area contributed by atoms with Gasteiger partial charge in [0.05, 0.1) is 6.54 Å². The number of hydrogen-bond acceptors (Lipinski definition) is 3. The Morgan fingerprint density at radius 2 is 2.35 bits per heavy atom. The highest BCUT2D eigenvalue weighted by Gasteiger charge is 2.04. The predicted octanol–water partition coefficient (Wildman–Crippen LogP) is 1.55. The number of oxime groups is 1. The van der Waals surface area contributed by atoms with Crippen molar-refractivity contribution in [2.75, 3.05) is 6.54 Å². The Labute approximate surface area is 105 Å². The van der Waals surface area contributed by atoms with Gasteiger partial charge in [-0.2, -0.15) is 0 Å². The first-order valence-electron chi connectivity index (χ1n) is 5.05. The lowest BCUT2D eigenvalue weighted by Gasteiger charge is -2.06. The second-order valence-electron chi connectivity index (χ2n) is 3.32. The molecule has 0 atom stereocenters. The molecule has 0 aliphatic heterocycles. The average molecular weight is 252 g/mol. The molecular formula is C12H14ClN3O. The fraction of sp³-hybridized carbons (Fsp3) is 0.250. The number of amidine groups is 1. The molecule has 1 rings (SSSR count). The maximum Gasteiger partial charge on any atom is 0.170 e. The van der Waals surface area contributed by atoms with Crippen LogP contribution < -0.4 is 11.1 Å². The van der Waals surface area contributed by atoms with E-state index in [-0.39, 0.29) is 5.84 Å². The zero-order chi connectivity index (χ0) is 12.7. The fourth-order valence-electron chi connectivity index (χ4n) is 1.26. The van der Waals surface area contributed by atoms with E-state index in [1.807, 2.05) is 6.07 Å². The van der Waals surface area contributed by atoms with E-state index in [1.54, 1.807) is 19.1 Å². The van der Waals surface area contributed by atoms with Crippen LogP contribution in [0.5, 0.6) is 0 Å². The third kappa shape index (κ3) is 3.99. The number of nitrogens with two attached hydrogens (primary N) is 1. The summed E-state index contributed by atoms with van der Waals surface area (Å²) in [6.45, 7) is 3.04. The van der Waals surface area contributed by atoms with Gasteiger partial charge in [0, 0.05) is 17.1 Å². The van der Waals surface area contributed by atoms with Crippen molar-refractivity contribution >= 4 is 17.4 Å². The van der Waals surface area contributed by atoms with Crippen LogP contribution in [0.4, 0.5) is 0 Å². The van der Waals surface area contributed by atoms with Crippen LogP contribution in [0.1, 0.15) is 18.1 Å². The van der Waals surface area contributed by atoms with E-state index in [1.165, 1.54) is 0 Å². The first kappa shape index (κ1) is 13.4. The van der Waals surface area contributed by atoms with Crippen molar-refractivity contribution in [2.45, 2.75) is 13.5 Å². The van der Waals surface area contributed by atoms with Crippen LogP contribution >= 0.6 is 11.6 Å². The van der Waals surface area contributed by atoms with E-state index < -0.39 is 0 Å². The Morgan fingerprint density at radius 3 is 2.94 bits per heavy atom. The molecule has 1 aromatic rings. The maximum absolute atomic E-state index is 8.54. The summed E-state index contributed by atoms with van der Waals surface area (Å²) in [6, 6.07) is 5.25. The van der Waals surface area contributed by atoms with Gasteiger partial charge in [-0.3, -0.25) is 0 Å². The minimum absolute atomic E-state index is 0.0447. The third-order valence-corrected chi connectivity index (χ3v) is 2.51. The highest BCUT2D eigenvalue weighted by atomic mass is 35.5. The van der Waals surface area contributed by atoms with Crippen molar-refractivity contribution in [2.24, 2.45) is 10.9 Å². The number of benzene rings is 1. The molecule has 17 heavy (non-hydrogen) atoms. The van der Waals surface area contributed by atoms with Crippen molar-refractivity contribution in [1.82, 2.24) is 5.32 Å². The van der Waals surface area contributed by atoms with E-state index in [4.69, 9.17) is 22.5 Å². The summed E-state index contributed by atoms with van der Waals surface area (Å²) in [6.07, 6.45) is 0. The Hall–Kier alpha value is -1.70. The lowest BCUT2D eigenvalue weighted by molar-refractivity contribution is 0.318. The van der Waals surface area contributed by atoms with E-state index in [9.17, 15) is 0 Å². The monoisotopic (exact) mass is 251 g/mol. The van der Waals surface area contributed by atoms with Crippen LogP contribution in [-0.2, 0) is 6.54 Å². The van der Waals surface area contributed by atoms with Gasteiger partial charge in [-0.05, 0) is 18.6 Å². The molecule has 0 fully saturated rings. The molecule has 0 aromatic heterocycles. The van der Waals surface area contributed by atoms with Crippen LogP contribution in [0.15, 0.2) is 23.4 Å². The molecule has 0 aliphatic carbocycles. The normalized spacial score (nSPS) is 10.8. The van der Waals surface area contributed by atoms with Gasteiger partial charge >= 0.3 is 0 Å². The summed E-state index contributed by atoms with van der Waals surface area (Å²) in [5.41, 5.74) is 7.00. The number of nitrogens with one attached hydrogen (secondary N) is 1. The molecule has 0 amide bonds. The van der Waals surface area contributed by atoms with Gasteiger partial charge in [0.1, 0.15) is 0 Å². The van der Waals surface area contributed by atoms with Crippen LogP contribution in [-0.4, -0.2) is 17.6 Å². The first-order chi connectivity index (χ1) is 8.19. The Kier molecular flexibility index (Phi) is 5.34. The fourth-order valence-corrected chi connectivity index (χ4v) is 1.50. The molecule has 90 valence electrons. The van der Waals surface area contributed by atoms with Gasteiger partial charge in [-0.1, -0.05) is 34.8 Å². The summed E-state index contributed by atoms with van der Waals surface area (Å²) in [7, 11) is 0. The molecule has 0 saturated heterocycles. The average Bonchev–Trinajstić information content (AvgIpc) is 2.35. The molecule has 0 unspecified atom stereocenters. The van der Waals surface area contributed by atoms with Gasteiger partial charge in [-0.25, -0.2) is 0 Å². The molecular weight excluding hydrogens is 238 g/mol. The lowest BCUT2D eigenvalue weighted by atomic mass is 10.1. The Morgan fingerprint density at radius 1 is 1.59 bits per heavy atom. The second-order valence-corrected chi connectivity index (χ2v) is 3.73. The highest BCUT2D eigenvalue weighted by molar-refractivity contribution is 6.31. The van der Waals surface area contributed by atoms with Gasteiger partial charge in [-0.15, -0.1) is 5.92 Å². The molecule has 1 aromatic carbocycles. The van der Waals surface area contributed by atoms with Crippen molar-refractivity contribution in [3.05, 3.63) is 34.3 Å². The van der Waals surface area contributed by atoms with Crippen LogP contribution in [0, 0.1) is 11.8 Å². The quantitative estimate of drug-likeness (QED) is 0.190. The van der Waals surface area contributed by atoms with Gasteiger partial charge < -0.3 is 16.3 Å². The molecule has 0 aliphatic rings. The standard InChI is InChI=1S/C12H14ClN3O/c1-2-3-6-15-8-10-5-4-9(7-11(10)13)12(14)16-17/h4-5,7,15,17H,6,8H2,1H3,(H2,14,16). The predicted molar refractivity (Wildman–Crippen MR) is 69.1 cm³/mol. The highest BCUT2D eigenvalue weighted by Crippen LogP contribution is 2.17. The molecule has 4 N–H and O–H groups in total. The van der Waals surface area contributed by atoms with Crippen molar-refractivity contribution in [3.8, 4) is 11.8 Å². The van der Waals surface area contributed by atoms with Gasteiger partial charge in [0.15, 0.2) is 5.84 Å². The summed E-state index contributed by atoms with van der Waals surface area (Å²) < 4.78 is 0. The molecule has 0 spiro atoms. The number of rotatable bonds is 4. The number of halogens is 1. The second kappa shape index (κ2) is 6.79. The summed E-state index contributed by atoms with van der Waals surface area (Å²) >= 11 is 6.08. The Bertz CT molecular complexity index is 474. The SMILES string of the molecule is CC#CCNCc1ccc(/C(N)=N/O)cc1Cl. The van der Waals surface area contributed by atoms with Gasteiger partial charge in [0.2, 0.25) is 0 Å². The van der Waals surface area contributed by atoms with E-state index in [0.717, 1.165) is 5.56 Å². The van der Waals surface area contributed by atoms with E-state index >= 15 is 0 Å². The molecule has 0 radical (unpaired) electrons. The zero-order valence-electron chi connectivity index (χ0n) is 9.50. The molecule has 0 saturated carbocycles. The third-order valence-electron chi connectivity index (χ3n) is 2.16. The topological polar surface area (TPSA) is 70.6 Å². The zero-order valence-corrected chi connectivity index (χ0v) is 10.3. The molecule has 0 heterocycles. The van der Waals surface area contributed by atoms with Crippen molar-refractivity contribution in [1.29, 1.82) is 0 Å². The van der Waals surface area contributed by atoms with Crippen molar-refractivity contribution in [3.63, 3.8) is 0 Å². The van der Waals surface area contributed by atoms with E-state index in [0.29, 0.717) is 23.7 Å². The molecule has 0 bridgehead atoms. The van der Waals surface area contributed by atoms with Crippen LogP contribution in [0.2, 0.25) is 5.02 Å². The Balaban J connectivity index is 2.72. The van der Waals surface area contributed by atoms with Crippen molar-refractivity contribution < 1.29 is 5.21 Å². The largest absolute Gasteiger partial charge is 0.409 e. The summed E-state index contributed by atoms with van der Waals surface area (Å²) in [5.74, 6) is 5.74. The first-order valence-corrected chi connectivity index (χ1v) is 5.43. The molecule has 4 nitrogen and oxygen atoms in total. The smallest absolute Gasteiger partial charge is 0.170 e. The lowest BCUT2D eigenvalue weighted by Crippen LogP contribution is -2.15. The van der Waals surface area contributed by atoms with Crippen LogP contribution in [0.3, 0.4) is 0 Å². The number of nitrogens with zero attached hydrogens (tertiary/aromatic N) is 1. The number of hydrogen-bond donors (Lipinski definition) is 3. The molecule has 5 heteroatoms. The maximum atomic E-state index is 8.54. The minimum Gasteiger partial charge on any atom is -0.409 e. The van der Waals surface area contributed by atoms with E-state index in [2.05, 4.69) is 22.3 Å². The summed E-state index contributed by atoms with van der Waals surface area (Å²) in [5, 5.41) is 15.2. The van der Waals surface area contributed by atoms with Crippen LogP contribution in [0.25, 0.3) is 0 Å². The summed E-state index contributed by atoms with van der Waals surface area (Å²) in [4.78, 5) is 0. The minimum atomic E-state index is 0.0447.